The Labute approximate surface area is 189 Å². The molecule has 0 aliphatic carbocycles. The number of nitrogens with zero attached hydrogens (tertiary/aromatic N) is 1. The van der Waals surface area contributed by atoms with Gasteiger partial charge in [0.1, 0.15) is 5.75 Å². The summed E-state index contributed by atoms with van der Waals surface area (Å²) in [6.07, 6.45) is 0. The number of sulfonamides is 1. The predicted molar refractivity (Wildman–Crippen MR) is 127 cm³/mol. The van der Waals surface area contributed by atoms with E-state index in [1.165, 1.54) is 36.2 Å². The normalized spacial score (nSPS) is 12.2. The number of methoxy groups -OCH3 is 1. The number of aryl methyl sites for hydroxylation is 2. The minimum absolute atomic E-state index is 0.152. The van der Waals surface area contributed by atoms with Crippen molar-refractivity contribution in [3.63, 3.8) is 0 Å². The monoisotopic (exact) mass is 452 g/mol. The highest BCUT2D eigenvalue weighted by Crippen LogP contribution is 2.24. The first-order valence-electron chi connectivity index (χ1n) is 10.2. The minimum atomic E-state index is -3.74. The second-order valence-electron chi connectivity index (χ2n) is 7.75. The molecule has 0 heterocycles. The van der Waals surface area contributed by atoms with Crippen LogP contribution in [0.5, 0.6) is 5.75 Å². The third-order valence-corrected chi connectivity index (χ3v) is 7.25. The van der Waals surface area contributed by atoms with Gasteiger partial charge in [0.25, 0.3) is 15.9 Å². The van der Waals surface area contributed by atoms with Crippen molar-refractivity contribution in [3.05, 3.63) is 89.0 Å². The molecule has 0 aromatic heterocycles. The van der Waals surface area contributed by atoms with Crippen LogP contribution in [0.4, 0.5) is 5.69 Å². The smallest absolute Gasteiger partial charge is 0.264 e. The van der Waals surface area contributed by atoms with Gasteiger partial charge in [0.05, 0.1) is 23.7 Å². The number of rotatable bonds is 7. The van der Waals surface area contributed by atoms with E-state index in [9.17, 15) is 13.2 Å². The fourth-order valence-electron chi connectivity index (χ4n) is 3.54. The quantitative estimate of drug-likeness (QED) is 0.567. The lowest BCUT2D eigenvalue weighted by Crippen LogP contribution is -2.28. The molecule has 1 amide bonds. The lowest BCUT2D eigenvalue weighted by Gasteiger charge is -2.20. The van der Waals surface area contributed by atoms with Crippen molar-refractivity contribution < 1.29 is 17.9 Å². The van der Waals surface area contributed by atoms with Gasteiger partial charge in [-0.1, -0.05) is 23.8 Å². The number of carbonyl (C=O) groups is 1. The predicted octanol–water partition coefficient (Wildman–Crippen LogP) is 4.63. The van der Waals surface area contributed by atoms with Gasteiger partial charge in [0.15, 0.2) is 0 Å². The van der Waals surface area contributed by atoms with E-state index < -0.39 is 10.0 Å². The molecule has 0 saturated carbocycles. The molecule has 168 valence electrons. The maximum Gasteiger partial charge on any atom is 0.264 e. The van der Waals surface area contributed by atoms with Crippen LogP contribution >= 0.6 is 0 Å². The summed E-state index contributed by atoms with van der Waals surface area (Å²) in [4.78, 5) is 12.9. The van der Waals surface area contributed by atoms with Gasteiger partial charge in [0, 0.05) is 12.6 Å². The minimum Gasteiger partial charge on any atom is -0.497 e. The summed E-state index contributed by atoms with van der Waals surface area (Å²) in [5, 5.41) is 3.01. The maximum atomic E-state index is 12.9. The highest BCUT2D eigenvalue weighted by atomic mass is 32.2. The van der Waals surface area contributed by atoms with Gasteiger partial charge in [-0.15, -0.1) is 0 Å². The molecule has 6 nitrogen and oxygen atoms in total. The van der Waals surface area contributed by atoms with Crippen molar-refractivity contribution in [2.24, 2.45) is 0 Å². The van der Waals surface area contributed by atoms with Crippen LogP contribution in [0.2, 0.25) is 0 Å². The summed E-state index contributed by atoms with van der Waals surface area (Å²) in [6, 6.07) is 18.7. The summed E-state index contributed by atoms with van der Waals surface area (Å²) >= 11 is 0. The average Bonchev–Trinajstić information content (AvgIpc) is 2.78. The van der Waals surface area contributed by atoms with E-state index in [1.807, 2.05) is 32.9 Å². The van der Waals surface area contributed by atoms with Gasteiger partial charge in [-0.25, -0.2) is 8.42 Å². The molecule has 1 atom stereocenters. The summed E-state index contributed by atoms with van der Waals surface area (Å²) < 4.78 is 32.1. The molecule has 32 heavy (non-hydrogen) atoms. The number of anilines is 1. The number of carbonyl (C=O) groups excluding carboxylic acids is 1. The van der Waals surface area contributed by atoms with Gasteiger partial charge in [-0.2, -0.15) is 0 Å². The molecular formula is C25H28N2O4S. The van der Waals surface area contributed by atoms with E-state index in [0.29, 0.717) is 17.0 Å². The molecule has 3 rings (SSSR count). The Bertz CT molecular complexity index is 1200. The number of benzene rings is 3. The Hall–Kier alpha value is -3.32. The molecule has 0 fully saturated rings. The Kier molecular flexibility index (Phi) is 6.89. The molecule has 1 unspecified atom stereocenters. The number of ether oxygens (including phenoxy) is 1. The molecule has 3 aromatic carbocycles. The molecule has 0 spiro atoms. The van der Waals surface area contributed by atoms with Gasteiger partial charge in [-0.05, 0) is 80.4 Å². The van der Waals surface area contributed by atoms with Gasteiger partial charge >= 0.3 is 0 Å². The number of hydrogen-bond acceptors (Lipinski definition) is 4. The molecule has 1 N–H and O–H groups in total. The van der Waals surface area contributed by atoms with Crippen molar-refractivity contribution in [2.45, 2.75) is 31.7 Å². The largest absolute Gasteiger partial charge is 0.497 e. The Balaban J connectivity index is 1.73. The number of amides is 1. The first-order chi connectivity index (χ1) is 15.1. The van der Waals surface area contributed by atoms with Crippen LogP contribution in [0, 0.1) is 13.8 Å². The van der Waals surface area contributed by atoms with Crippen LogP contribution in [0.3, 0.4) is 0 Å². The van der Waals surface area contributed by atoms with E-state index >= 15 is 0 Å². The second-order valence-corrected chi connectivity index (χ2v) is 9.72. The van der Waals surface area contributed by atoms with E-state index in [1.54, 1.807) is 36.4 Å². The van der Waals surface area contributed by atoms with E-state index in [0.717, 1.165) is 11.1 Å². The SMILES string of the molecule is COc1ccc(S(=O)(=O)N(C)c2ccc(C(=O)NC(C)c3ccc(C)cc3C)cc2)cc1. The van der Waals surface area contributed by atoms with Gasteiger partial charge < -0.3 is 10.1 Å². The van der Waals surface area contributed by atoms with Crippen molar-refractivity contribution in [3.8, 4) is 5.75 Å². The lowest BCUT2D eigenvalue weighted by molar-refractivity contribution is 0.0940. The standard InChI is InChI=1S/C25H28N2O4S/c1-17-6-15-24(18(2)16-17)19(3)26-25(28)20-7-9-21(10-8-20)27(4)32(29,30)23-13-11-22(31-5)12-14-23/h6-16,19H,1-5H3,(H,26,28). The average molecular weight is 453 g/mol. The van der Waals surface area contributed by atoms with Crippen LogP contribution in [0.1, 0.15) is 40.0 Å². The third-order valence-electron chi connectivity index (χ3n) is 5.45. The van der Waals surface area contributed by atoms with Crippen LogP contribution in [-0.4, -0.2) is 28.5 Å². The van der Waals surface area contributed by atoms with Gasteiger partial charge in [0.2, 0.25) is 0 Å². The summed E-state index contributed by atoms with van der Waals surface area (Å²) in [5.41, 5.74) is 4.28. The zero-order valence-electron chi connectivity index (χ0n) is 18.9. The van der Waals surface area contributed by atoms with E-state index in [-0.39, 0.29) is 16.8 Å². The van der Waals surface area contributed by atoms with E-state index in [4.69, 9.17) is 4.74 Å². The third kappa shape index (κ3) is 4.94. The first kappa shape index (κ1) is 23.3. The number of nitrogens with one attached hydrogen (secondary N) is 1. The molecule has 7 heteroatoms. The Morgan fingerprint density at radius 3 is 2.16 bits per heavy atom. The molecular weight excluding hydrogens is 424 g/mol. The molecule has 0 radical (unpaired) electrons. The van der Waals surface area contributed by atoms with Crippen LogP contribution in [0.25, 0.3) is 0 Å². The van der Waals surface area contributed by atoms with Gasteiger partial charge in [-0.3, -0.25) is 9.10 Å². The highest BCUT2D eigenvalue weighted by molar-refractivity contribution is 7.92. The Morgan fingerprint density at radius 1 is 0.969 bits per heavy atom. The van der Waals surface area contributed by atoms with Crippen LogP contribution < -0.4 is 14.4 Å². The summed E-state index contributed by atoms with van der Waals surface area (Å²) in [6.45, 7) is 6.01. The molecule has 0 aliphatic rings. The molecule has 0 saturated heterocycles. The summed E-state index contributed by atoms with van der Waals surface area (Å²) in [7, 11) is -0.729. The van der Waals surface area contributed by atoms with Crippen molar-refractivity contribution in [1.82, 2.24) is 5.32 Å². The van der Waals surface area contributed by atoms with Crippen LogP contribution in [-0.2, 0) is 10.0 Å². The molecule has 0 aliphatic heterocycles. The molecule has 3 aromatic rings. The van der Waals surface area contributed by atoms with Crippen molar-refractivity contribution in [1.29, 1.82) is 0 Å². The molecule has 0 bridgehead atoms. The topological polar surface area (TPSA) is 75.7 Å². The zero-order chi connectivity index (χ0) is 23.5. The second kappa shape index (κ2) is 9.44. The first-order valence-corrected chi connectivity index (χ1v) is 11.7. The van der Waals surface area contributed by atoms with Crippen molar-refractivity contribution in [2.75, 3.05) is 18.5 Å². The fraction of sp³-hybridized carbons (Fsp3) is 0.240. The van der Waals surface area contributed by atoms with E-state index in [2.05, 4.69) is 11.4 Å². The van der Waals surface area contributed by atoms with Crippen LogP contribution in [0.15, 0.2) is 71.6 Å². The fourth-order valence-corrected chi connectivity index (χ4v) is 4.73. The zero-order valence-corrected chi connectivity index (χ0v) is 19.7. The Morgan fingerprint density at radius 2 is 1.59 bits per heavy atom. The maximum absolute atomic E-state index is 12.9. The highest BCUT2D eigenvalue weighted by Gasteiger charge is 2.22. The summed E-state index contributed by atoms with van der Waals surface area (Å²) in [5.74, 6) is 0.363. The lowest BCUT2D eigenvalue weighted by atomic mass is 10.00. The number of hydrogen-bond donors (Lipinski definition) is 1. The van der Waals surface area contributed by atoms with Crippen molar-refractivity contribution >= 4 is 21.6 Å².